The van der Waals surface area contributed by atoms with E-state index in [1.807, 2.05) is 16.6 Å². The fourth-order valence-electron chi connectivity index (χ4n) is 3.13. The molecule has 2 aliphatic rings. The zero-order chi connectivity index (χ0) is 15.8. The molecule has 0 radical (unpaired) electrons. The van der Waals surface area contributed by atoms with Gasteiger partial charge in [-0.3, -0.25) is 4.90 Å². The first-order valence-electron chi connectivity index (χ1n) is 8.53. The van der Waals surface area contributed by atoms with Crippen molar-refractivity contribution in [2.75, 3.05) is 31.6 Å². The number of nitrogens with zero attached hydrogens (tertiary/aromatic N) is 5. The lowest BCUT2D eigenvalue weighted by Gasteiger charge is -2.36. The summed E-state index contributed by atoms with van der Waals surface area (Å²) in [4.78, 5) is 2.47. The monoisotopic (exact) mass is 316 g/mol. The normalized spacial score (nSPS) is 22.2. The first kappa shape index (κ1) is 14.8. The number of rotatable bonds is 5. The molecule has 2 aromatic heterocycles. The van der Waals surface area contributed by atoms with Crippen molar-refractivity contribution in [3.05, 3.63) is 18.0 Å². The molecule has 0 bridgehead atoms. The number of hydrogen-bond acceptors (Lipinski definition) is 6. The Morgan fingerprint density at radius 3 is 2.70 bits per heavy atom. The smallest absolute Gasteiger partial charge is 0.178 e. The van der Waals surface area contributed by atoms with Gasteiger partial charge in [0.2, 0.25) is 0 Å². The second-order valence-corrected chi connectivity index (χ2v) is 6.64. The largest absolute Gasteiger partial charge is 0.379 e. The summed E-state index contributed by atoms with van der Waals surface area (Å²) in [6.45, 7) is 8.11. The van der Waals surface area contributed by atoms with E-state index >= 15 is 0 Å². The van der Waals surface area contributed by atoms with Gasteiger partial charge in [-0.1, -0.05) is 0 Å². The summed E-state index contributed by atoms with van der Waals surface area (Å²) in [7, 11) is 0. The van der Waals surface area contributed by atoms with Crippen LogP contribution in [0.15, 0.2) is 12.1 Å². The van der Waals surface area contributed by atoms with Crippen LogP contribution in [0.3, 0.4) is 0 Å². The third-order valence-corrected chi connectivity index (χ3v) is 4.95. The van der Waals surface area contributed by atoms with E-state index in [0.717, 1.165) is 43.6 Å². The summed E-state index contributed by atoms with van der Waals surface area (Å²) in [5, 5.41) is 16.7. The van der Waals surface area contributed by atoms with E-state index in [2.05, 4.69) is 34.3 Å². The van der Waals surface area contributed by atoms with E-state index in [-0.39, 0.29) is 0 Å². The number of hydrogen-bond donors (Lipinski definition) is 1. The summed E-state index contributed by atoms with van der Waals surface area (Å²) in [5.74, 6) is 2.42. The van der Waals surface area contributed by atoms with E-state index in [0.29, 0.717) is 18.0 Å². The van der Waals surface area contributed by atoms with Gasteiger partial charge in [0.15, 0.2) is 11.5 Å². The molecular formula is C16H24N6O. The quantitative estimate of drug-likeness (QED) is 0.902. The van der Waals surface area contributed by atoms with Gasteiger partial charge in [-0.05, 0) is 38.8 Å². The molecule has 3 heterocycles. The molecule has 7 heteroatoms. The highest BCUT2D eigenvalue weighted by Gasteiger charge is 2.29. The Labute approximate surface area is 136 Å². The SMILES string of the molecule is CC(Nc1ccc2nnc(C3CC3)n2n1)C(C)N1CCOCC1. The number of ether oxygens (including phenoxy) is 1. The standard InChI is InChI=1S/C16H24N6O/c1-11(12(2)21-7-9-23-10-8-21)17-14-5-6-15-18-19-16(13-3-4-13)22(15)20-14/h5-6,11-13H,3-4,7-10H2,1-2H3,(H,17,20). The van der Waals surface area contributed by atoms with Gasteiger partial charge in [-0.25, -0.2) is 0 Å². The van der Waals surface area contributed by atoms with E-state index in [4.69, 9.17) is 9.84 Å². The topological polar surface area (TPSA) is 67.6 Å². The van der Waals surface area contributed by atoms with Gasteiger partial charge in [0, 0.05) is 31.1 Å². The van der Waals surface area contributed by atoms with Crippen LogP contribution in [0.4, 0.5) is 5.82 Å². The first-order chi connectivity index (χ1) is 11.2. The van der Waals surface area contributed by atoms with Crippen molar-refractivity contribution < 1.29 is 4.74 Å². The van der Waals surface area contributed by atoms with Crippen molar-refractivity contribution in [3.8, 4) is 0 Å². The van der Waals surface area contributed by atoms with Crippen LogP contribution in [-0.4, -0.2) is 63.1 Å². The second kappa shape index (κ2) is 6.05. The summed E-state index contributed by atoms with van der Waals surface area (Å²) < 4.78 is 7.33. The van der Waals surface area contributed by atoms with Crippen molar-refractivity contribution in [3.63, 3.8) is 0 Å². The third-order valence-electron chi connectivity index (χ3n) is 4.95. The molecule has 1 aliphatic carbocycles. The Balaban J connectivity index is 1.48. The van der Waals surface area contributed by atoms with Crippen LogP contribution in [0.2, 0.25) is 0 Å². The zero-order valence-corrected chi connectivity index (χ0v) is 13.8. The number of anilines is 1. The van der Waals surface area contributed by atoms with Crippen molar-refractivity contribution in [1.29, 1.82) is 0 Å². The van der Waals surface area contributed by atoms with Crippen LogP contribution in [0.1, 0.15) is 38.4 Å². The fourth-order valence-corrected chi connectivity index (χ4v) is 3.13. The molecule has 2 aromatic rings. The lowest BCUT2D eigenvalue weighted by atomic mass is 10.1. The lowest BCUT2D eigenvalue weighted by Crippen LogP contribution is -2.48. The molecule has 23 heavy (non-hydrogen) atoms. The van der Waals surface area contributed by atoms with Gasteiger partial charge >= 0.3 is 0 Å². The third kappa shape index (κ3) is 3.03. The van der Waals surface area contributed by atoms with Gasteiger partial charge in [0.05, 0.1) is 13.2 Å². The number of fused-ring (bicyclic) bond motifs is 1. The molecule has 7 nitrogen and oxygen atoms in total. The summed E-state index contributed by atoms with van der Waals surface area (Å²) in [6.07, 6.45) is 2.40. The highest BCUT2D eigenvalue weighted by atomic mass is 16.5. The van der Waals surface area contributed by atoms with Gasteiger partial charge in [0.25, 0.3) is 0 Å². The maximum absolute atomic E-state index is 5.44. The fraction of sp³-hybridized carbons (Fsp3) is 0.688. The zero-order valence-electron chi connectivity index (χ0n) is 13.8. The van der Waals surface area contributed by atoms with Crippen molar-refractivity contribution in [2.24, 2.45) is 0 Å². The molecule has 2 atom stereocenters. The van der Waals surface area contributed by atoms with Crippen molar-refractivity contribution in [2.45, 2.75) is 44.7 Å². The van der Waals surface area contributed by atoms with E-state index < -0.39 is 0 Å². The van der Waals surface area contributed by atoms with Crippen molar-refractivity contribution in [1.82, 2.24) is 24.7 Å². The molecule has 1 saturated heterocycles. The molecule has 4 rings (SSSR count). The van der Waals surface area contributed by atoms with E-state index in [9.17, 15) is 0 Å². The maximum atomic E-state index is 5.44. The van der Waals surface area contributed by atoms with Gasteiger partial charge in [0.1, 0.15) is 5.82 Å². The van der Waals surface area contributed by atoms with Crippen LogP contribution < -0.4 is 5.32 Å². The van der Waals surface area contributed by atoms with Crippen LogP contribution >= 0.6 is 0 Å². The Hall–Kier alpha value is -1.73. The molecule has 0 spiro atoms. The van der Waals surface area contributed by atoms with Crippen LogP contribution in [-0.2, 0) is 4.74 Å². The second-order valence-electron chi connectivity index (χ2n) is 6.64. The maximum Gasteiger partial charge on any atom is 0.178 e. The molecule has 124 valence electrons. The average Bonchev–Trinajstić information content (AvgIpc) is 3.34. The minimum absolute atomic E-state index is 0.305. The van der Waals surface area contributed by atoms with Crippen LogP contribution in [0, 0.1) is 0 Å². The Bertz CT molecular complexity index is 676. The highest BCUT2D eigenvalue weighted by Crippen LogP contribution is 2.38. The molecule has 0 amide bonds. The number of aromatic nitrogens is 4. The molecule has 2 unspecified atom stereocenters. The number of nitrogens with one attached hydrogen (secondary N) is 1. The summed E-state index contributed by atoms with van der Waals surface area (Å²) in [5.41, 5.74) is 0.825. The Morgan fingerprint density at radius 1 is 1.17 bits per heavy atom. The van der Waals surface area contributed by atoms with Gasteiger partial charge in [-0.2, -0.15) is 4.52 Å². The van der Waals surface area contributed by atoms with Crippen LogP contribution in [0.5, 0.6) is 0 Å². The van der Waals surface area contributed by atoms with E-state index in [1.54, 1.807) is 0 Å². The Morgan fingerprint density at radius 2 is 1.96 bits per heavy atom. The number of morpholine rings is 1. The van der Waals surface area contributed by atoms with E-state index in [1.165, 1.54) is 12.8 Å². The predicted octanol–water partition coefficient (Wildman–Crippen LogP) is 1.52. The molecule has 1 N–H and O–H groups in total. The highest BCUT2D eigenvalue weighted by molar-refractivity contribution is 5.45. The van der Waals surface area contributed by atoms with Crippen molar-refractivity contribution >= 4 is 11.5 Å². The molecule has 1 saturated carbocycles. The summed E-state index contributed by atoms with van der Waals surface area (Å²) in [6, 6.07) is 4.71. The first-order valence-corrected chi connectivity index (χ1v) is 8.53. The molecular weight excluding hydrogens is 292 g/mol. The van der Waals surface area contributed by atoms with Gasteiger partial charge in [-0.15, -0.1) is 15.3 Å². The summed E-state index contributed by atoms with van der Waals surface area (Å²) >= 11 is 0. The predicted molar refractivity (Wildman–Crippen MR) is 87.7 cm³/mol. The minimum atomic E-state index is 0.305. The van der Waals surface area contributed by atoms with Gasteiger partial charge < -0.3 is 10.1 Å². The van der Waals surface area contributed by atoms with Crippen LogP contribution in [0.25, 0.3) is 5.65 Å². The molecule has 1 aliphatic heterocycles. The minimum Gasteiger partial charge on any atom is -0.379 e. The average molecular weight is 316 g/mol. The molecule has 0 aromatic carbocycles. The lowest BCUT2D eigenvalue weighted by molar-refractivity contribution is 0.0175. The molecule has 2 fully saturated rings. The Kier molecular flexibility index (Phi) is 3.90.